The van der Waals surface area contributed by atoms with E-state index in [1.165, 1.54) is 6.92 Å². The molecule has 0 saturated heterocycles. The van der Waals surface area contributed by atoms with Crippen LogP contribution in [-0.4, -0.2) is 21.0 Å². The lowest BCUT2D eigenvalue weighted by Crippen LogP contribution is -2.18. The van der Waals surface area contributed by atoms with Gasteiger partial charge in [0.1, 0.15) is 11.7 Å². The quantitative estimate of drug-likeness (QED) is 0.886. The van der Waals surface area contributed by atoms with E-state index in [1.54, 1.807) is 0 Å². The van der Waals surface area contributed by atoms with Crippen molar-refractivity contribution in [3.63, 3.8) is 0 Å². The van der Waals surface area contributed by atoms with Gasteiger partial charge in [-0.1, -0.05) is 0 Å². The van der Waals surface area contributed by atoms with Crippen molar-refractivity contribution in [3.8, 4) is 0 Å². The number of fused-ring (bicyclic) bond motifs is 1. The summed E-state index contributed by atoms with van der Waals surface area (Å²) < 4.78 is 37.8. The Balaban J connectivity index is 2.68. The molecule has 8 heteroatoms. The van der Waals surface area contributed by atoms with Crippen LogP contribution < -0.4 is 5.56 Å². The summed E-state index contributed by atoms with van der Waals surface area (Å²) in [4.78, 5) is 28.6. The highest BCUT2D eigenvalue weighted by atomic mass is 19.4. The van der Waals surface area contributed by atoms with E-state index in [9.17, 15) is 22.8 Å². The maximum Gasteiger partial charge on any atom is 0.416 e. The minimum absolute atomic E-state index is 0.0284. The van der Waals surface area contributed by atoms with Gasteiger partial charge in [0, 0.05) is 0 Å². The van der Waals surface area contributed by atoms with Gasteiger partial charge >= 0.3 is 12.1 Å². The molecule has 0 aliphatic carbocycles. The largest absolute Gasteiger partial charge is 0.481 e. The third-order valence-electron chi connectivity index (χ3n) is 2.83. The van der Waals surface area contributed by atoms with Crippen molar-refractivity contribution >= 4 is 16.9 Å². The molecule has 1 aromatic heterocycles. The lowest BCUT2D eigenvalue weighted by atomic mass is 10.1. The number of hydrogen-bond acceptors (Lipinski definition) is 3. The zero-order chi connectivity index (χ0) is 15.1. The van der Waals surface area contributed by atoms with Crippen LogP contribution in [0.1, 0.15) is 24.2 Å². The van der Waals surface area contributed by atoms with Gasteiger partial charge in [-0.15, -0.1) is 0 Å². The summed E-state index contributed by atoms with van der Waals surface area (Å²) in [6, 6.07) is 2.52. The van der Waals surface area contributed by atoms with Gasteiger partial charge in [-0.3, -0.25) is 9.59 Å². The number of nitrogens with one attached hydrogen (secondary N) is 1. The highest BCUT2D eigenvalue weighted by molar-refractivity contribution is 5.80. The Kier molecular flexibility index (Phi) is 3.24. The lowest BCUT2D eigenvalue weighted by Gasteiger charge is -2.09. The van der Waals surface area contributed by atoms with Crippen LogP contribution in [0.5, 0.6) is 0 Å². The number of carboxylic acids is 1. The number of halogens is 3. The third-order valence-corrected chi connectivity index (χ3v) is 2.83. The summed E-state index contributed by atoms with van der Waals surface area (Å²) in [5, 5.41) is 8.81. The molecule has 1 heterocycles. The second-order valence-corrected chi connectivity index (χ2v) is 4.24. The first-order chi connectivity index (χ1) is 9.20. The van der Waals surface area contributed by atoms with E-state index in [0.29, 0.717) is 0 Å². The molecule has 2 N–H and O–H groups in total. The number of alkyl halides is 3. The van der Waals surface area contributed by atoms with E-state index < -0.39 is 29.2 Å². The number of hydrogen-bond donors (Lipinski definition) is 2. The van der Waals surface area contributed by atoms with Crippen LogP contribution in [0.15, 0.2) is 23.0 Å². The molecular weight excluding hydrogens is 277 g/mol. The summed E-state index contributed by atoms with van der Waals surface area (Å²) in [6.07, 6.45) is -4.56. The topological polar surface area (TPSA) is 83.0 Å². The van der Waals surface area contributed by atoms with Gasteiger partial charge in [-0.2, -0.15) is 13.2 Å². The average Bonchev–Trinajstić information content (AvgIpc) is 2.35. The van der Waals surface area contributed by atoms with Gasteiger partial charge in [-0.25, -0.2) is 4.98 Å². The predicted octanol–water partition coefficient (Wildman–Crippen LogP) is 2.13. The second-order valence-electron chi connectivity index (χ2n) is 4.24. The standard InChI is InChI=1S/C12H9F3N2O3/c1-5(11(19)20)9-16-8-4-6(12(13,14)15)2-3-7(8)10(18)17-9/h2-5H,1H3,(H,19,20)(H,16,17,18). The number of rotatable bonds is 2. The number of aromatic nitrogens is 2. The number of carboxylic acid groups (broad SMARTS) is 1. The summed E-state index contributed by atoms with van der Waals surface area (Å²) >= 11 is 0. The Morgan fingerprint density at radius 2 is 2.05 bits per heavy atom. The molecule has 2 aromatic rings. The van der Waals surface area contributed by atoms with Crippen LogP contribution >= 0.6 is 0 Å². The van der Waals surface area contributed by atoms with Gasteiger partial charge in [-0.05, 0) is 25.1 Å². The fourth-order valence-corrected chi connectivity index (χ4v) is 1.66. The highest BCUT2D eigenvalue weighted by Gasteiger charge is 2.31. The second kappa shape index (κ2) is 4.62. The summed E-state index contributed by atoms with van der Waals surface area (Å²) in [5.41, 5.74) is -1.81. The maximum atomic E-state index is 12.6. The minimum Gasteiger partial charge on any atom is -0.481 e. The number of H-pyrrole nitrogens is 1. The van der Waals surface area contributed by atoms with Crippen molar-refractivity contribution in [2.45, 2.75) is 19.0 Å². The van der Waals surface area contributed by atoms with Crippen LogP contribution in [0.4, 0.5) is 13.2 Å². The van der Waals surface area contributed by atoms with Crippen LogP contribution in [0.3, 0.4) is 0 Å². The van der Waals surface area contributed by atoms with E-state index in [4.69, 9.17) is 5.11 Å². The molecule has 1 aromatic carbocycles. The molecule has 0 aliphatic rings. The molecule has 0 radical (unpaired) electrons. The van der Waals surface area contributed by atoms with Crippen molar-refractivity contribution < 1.29 is 23.1 Å². The Morgan fingerprint density at radius 1 is 1.40 bits per heavy atom. The highest BCUT2D eigenvalue weighted by Crippen LogP contribution is 2.30. The molecule has 2 rings (SSSR count). The molecule has 20 heavy (non-hydrogen) atoms. The summed E-state index contributed by atoms with van der Waals surface area (Å²) in [6.45, 7) is 1.28. The number of aromatic amines is 1. The first kappa shape index (κ1) is 14.0. The van der Waals surface area contributed by atoms with Crippen LogP contribution in [-0.2, 0) is 11.0 Å². The molecule has 1 atom stereocenters. The molecule has 0 bridgehead atoms. The van der Waals surface area contributed by atoms with Crippen molar-refractivity contribution in [2.24, 2.45) is 0 Å². The van der Waals surface area contributed by atoms with E-state index in [0.717, 1.165) is 18.2 Å². The molecular formula is C12H9F3N2O3. The number of nitrogens with zero attached hydrogens (tertiary/aromatic N) is 1. The van der Waals surface area contributed by atoms with E-state index in [2.05, 4.69) is 9.97 Å². The summed E-state index contributed by atoms with van der Waals surface area (Å²) in [5.74, 6) is -2.55. The Hall–Kier alpha value is -2.38. The van der Waals surface area contributed by atoms with Crippen LogP contribution in [0, 0.1) is 0 Å². The van der Waals surface area contributed by atoms with E-state index in [-0.39, 0.29) is 16.7 Å². The van der Waals surface area contributed by atoms with Crippen LogP contribution in [0.2, 0.25) is 0 Å². The van der Waals surface area contributed by atoms with Crippen molar-refractivity contribution in [3.05, 3.63) is 39.9 Å². The fraction of sp³-hybridized carbons (Fsp3) is 0.250. The van der Waals surface area contributed by atoms with Crippen molar-refractivity contribution in [2.75, 3.05) is 0 Å². The lowest BCUT2D eigenvalue weighted by molar-refractivity contribution is -0.139. The Morgan fingerprint density at radius 3 is 2.60 bits per heavy atom. The molecule has 106 valence electrons. The first-order valence-electron chi connectivity index (χ1n) is 5.54. The molecule has 0 amide bonds. The zero-order valence-electron chi connectivity index (χ0n) is 10.2. The Bertz CT molecular complexity index is 737. The number of carbonyl (C=O) groups is 1. The fourth-order valence-electron chi connectivity index (χ4n) is 1.66. The predicted molar refractivity (Wildman–Crippen MR) is 63.4 cm³/mol. The van der Waals surface area contributed by atoms with Crippen LogP contribution in [0.25, 0.3) is 10.9 Å². The SMILES string of the molecule is CC(C(=O)O)c1nc2cc(C(F)(F)F)ccc2c(=O)[nH]1. The molecule has 0 fully saturated rings. The average molecular weight is 286 g/mol. The number of aliphatic carboxylic acids is 1. The van der Waals surface area contributed by atoms with Gasteiger partial charge in [0.2, 0.25) is 0 Å². The molecule has 0 aliphatic heterocycles. The molecule has 0 spiro atoms. The van der Waals surface area contributed by atoms with Crippen molar-refractivity contribution in [1.82, 2.24) is 9.97 Å². The first-order valence-corrected chi connectivity index (χ1v) is 5.54. The molecule has 0 saturated carbocycles. The van der Waals surface area contributed by atoms with Gasteiger partial charge < -0.3 is 10.1 Å². The van der Waals surface area contributed by atoms with Gasteiger partial charge in [0.25, 0.3) is 5.56 Å². The zero-order valence-corrected chi connectivity index (χ0v) is 10.2. The minimum atomic E-state index is -4.56. The normalized spacial score (nSPS) is 13.4. The van der Waals surface area contributed by atoms with Crippen molar-refractivity contribution in [1.29, 1.82) is 0 Å². The monoisotopic (exact) mass is 286 g/mol. The third kappa shape index (κ3) is 2.49. The molecule has 1 unspecified atom stereocenters. The molecule has 5 nitrogen and oxygen atoms in total. The van der Waals surface area contributed by atoms with E-state index in [1.807, 2.05) is 0 Å². The number of benzene rings is 1. The summed E-state index contributed by atoms with van der Waals surface area (Å²) in [7, 11) is 0. The van der Waals surface area contributed by atoms with Gasteiger partial charge in [0.05, 0.1) is 16.5 Å². The Labute approximate surface area is 110 Å². The maximum absolute atomic E-state index is 12.6. The smallest absolute Gasteiger partial charge is 0.416 e. The van der Waals surface area contributed by atoms with Gasteiger partial charge in [0.15, 0.2) is 0 Å². The van der Waals surface area contributed by atoms with E-state index >= 15 is 0 Å².